The first-order chi connectivity index (χ1) is 40.4. The maximum atomic E-state index is 13.6. The molecule has 0 aromatic carbocycles. The number of esters is 1. The van der Waals surface area contributed by atoms with Crippen LogP contribution in [-0.4, -0.2) is 74.3 Å². The molecule has 0 fully saturated rings. The van der Waals surface area contributed by atoms with Crippen molar-refractivity contribution in [3.8, 4) is 0 Å². The zero-order valence-corrected chi connectivity index (χ0v) is 56.1. The van der Waals surface area contributed by atoms with Gasteiger partial charge in [0.15, 0.2) is 0 Å². The number of allylic oxidation sites excluding steroid dienone is 13. The van der Waals surface area contributed by atoms with Crippen LogP contribution in [0.1, 0.15) is 316 Å². The van der Waals surface area contributed by atoms with Gasteiger partial charge in [-0.1, -0.05) is 286 Å². The van der Waals surface area contributed by atoms with Gasteiger partial charge in [-0.2, -0.15) is 0 Å². The number of likely N-dealkylation sites (N-methyl/N-ethyl adjacent to an activating group) is 1. The molecular weight excluding hydrogens is 1050 g/mol. The molecule has 0 radical (unpaired) electrons. The Morgan fingerprint density at radius 3 is 1.17 bits per heavy atom. The Morgan fingerprint density at radius 2 is 0.771 bits per heavy atom. The van der Waals surface area contributed by atoms with E-state index in [1.165, 1.54) is 180 Å². The quantitative estimate of drug-likeness (QED) is 0.0205. The van der Waals surface area contributed by atoms with E-state index < -0.39 is 20.0 Å². The minimum Gasteiger partial charge on any atom is -0.456 e. The van der Waals surface area contributed by atoms with Crippen molar-refractivity contribution in [2.24, 2.45) is 0 Å². The van der Waals surface area contributed by atoms with Crippen molar-refractivity contribution < 1.29 is 37.3 Å². The summed E-state index contributed by atoms with van der Waals surface area (Å²) in [4.78, 5) is 37.9. The number of nitrogens with one attached hydrogen (secondary N) is 1. The second-order valence-corrected chi connectivity index (χ2v) is 26.1. The minimum absolute atomic E-state index is 0.0354. The van der Waals surface area contributed by atoms with Crippen molar-refractivity contribution in [2.75, 3.05) is 40.9 Å². The van der Waals surface area contributed by atoms with Crippen molar-refractivity contribution in [3.63, 3.8) is 0 Å². The van der Waals surface area contributed by atoms with Crippen molar-refractivity contribution in [1.82, 2.24) is 5.32 Å². The number of nitrogens with zero attached hydrogens (tertiary/aromatic N) is 1. The third kappa shape index (κ3) is 63.5. The molecule has 0 heterocycles. The molecular formula is C73H134N2O7P+. The summed E-state index contributed by atoms with van der Waals surface area (Å²) in [5, 5.41) is 3.06. The molecule has 83 heavy (non-hydrogen) atoms. The van der Waals surface area contributed by atoms with Gasteiger partial charge in [0.1, 0.15) is 19.3 Å². The Bertz CT molecular complexity index is 1700. The molecule has 0 aliphatic carbocycles. The lowest BCUT2D eigenvalue weighted by Crippen LogP contribution is -2.47. The van der Waals surface area contributed by atoms with E-state index >= 15 is 0 Å². The predicted molar refractivity (Wildman–Crippen MR) is 360 cm³/mol. The Hall–Kier alpha value is -2.81. The number of amides is 1. The molecule has 482 valence electrons. The molecule has 1 amide bonds. The summed E-state index contributed by atoms with van der Waals surface area (Å²) >= 11 is 0. The Balaban J connectivity index is 5.07. The van der Waals surface area contributed by atoms with Crippen molar-refractivity contribution >= 4 is 19.7 Å². The number of quaternary nitrogens is 1. The van der Waals surface area contributed by atoms with E-state index in [9.17, 15) is 19.0 Å². The standard InChI is InChI=1S/C73H133N2O7P/c1-7-10-13-16-19-22-25-27-29-31-33-35-37-39-41-43-45-47-50-53-56-59-62-65-72(76)74-70(69-81-83(78,79)80-68-67-75(4,5)6)71(64-61-58-55-52-49-24-21-18-15-12-9-3)82-73(77)66-63-60-57-54-51-48-46-44-42-40-38-36-34-32-30-28-26-23-20-17-14-11-8-2/h10,13,19,22,27-30,33,35,39,41,61,64,70-71H,7-9,11-12,14-18,20-21,23-26,31-32,34,36-38,40,42-60,62-63,65-69H2,1-6H3,(H-,74,76,78,79)/p+1/b13-10-,22-19-,29-27-,30-28+,35-33-,41-39-,64-61+. The van der Waals surface area contributed by atoms with Crippen LogP contribution in [0.25, 0.3) is 0 Å². The fourth-order valence-electron chi connectivity index (χ4n) is 9.96. The number of ether oxygens (including phenoxy) is 1. The van der Waals surface area contributed by atoms with Crippen LogP contribution in [0.5, 0.6) is 0 Å². The van der Waals surface area contributed by atoms with Gasteiger partial charge in [0, 0.05) is 12.8 Å². The number of phosphoric ester groups is 1. The normalized spacial score (nSPS) is 14.1. The van der Waals surface area contributed by atoms with E-state index in [1.807, 2.05) is 33.3 Å². The van der Waals surface area contributed by atoms with Gasteiger partial charge in [-0.25, -0.2) is 4.57 Å². The lowest BCUT2D eigenvalue weighted by atomic mass is 10.0. The topological polar surface area (TPSA) is 111 Å². The summed E-state index contributed by atoms with van der Waals surface area (Å²) in [7, 11) is 1.49. The van der Waals surface area contributed by atoms with Gasteiger partial charge in [-0.05, 0) is 102 Å². The SMILES string of the molecule is CC/C=C\C/C=C\C/C=C\C/C=C\C/C=C\CCCCCCCCCC(=O)NC(COP(=O)(O)OCC[N+](C)(C)C)C(/C=C/CCCCCCCCCCC)OC(=O)CCCCCCCCCCCCCCC/C=C/CCCCCCCC. The molecule has 0 rings (SSSR count). The van der Waals surface area contributed by atoms with Crippen molar-refractivity contribution in [1.29, 1.82) is 0 Å². The Labute approximate surface area is 514 Å². The maximum Gasteiger partial charge on any atom is 0.472 e. The van der Waals surface area contributed by atoms with Gasteiger partial charge in [-0.3, -0.25) is 18.6 Å². The highest BCUT2D eigenvalue weighted by Gasteiger charge is 2.30. The zero-order chi connectivity index (χ0) is 60.7. The molecule has 0 aromatic heterocycles. The van der Waals surface area contributed by atoms with Gasteiger partial charge in [0.25, 0.3) is 0 Å². The molecule has 9 nitrogen and oxygen atoms in total. The first-order valence-corrected chi connectivity index (χ1v) is 36.4. The molecule has 0 saturated carbocycles. The van der Waals surface area contributed by atoms with Crippen molar-refractivity contribution in [3.05, 3.63) is 85.1 Å². The van der Waals surface area contributed by atoms with Crippen LogP contribution in [0, 0.1) is 0 Å². The summed E-state index contributed by atoms with van der Waals surface area (Å²) < 4.78 is 30.8. The number of phosphoric acid groups is 1. The van der Waals surface area contributed by atoms with E-state index in [4.69, 9.17) is 13.8 Å². The van der Waals surface area contributed by atoms with Crippen LogP contribution in [-0.2, 0) is 27.9 Å². The number of carbonyl (C=O) groups excluding carboxylic acids is 2. The summed E-state index contributed by atoms with van der Waals surface area (Å²) in [6.07, 6.45) is 83.1. The van der Waals surface area contributed by atoms with E-state index in [-0.39, 0.29) is 31.5 Å². The number of hydrogen-bond donors (Lipinski definition) is 2. The van der Waals surface area contributed by atoms with Crippen LogP contribution in [0.4, 0.5) is 0 Å². The summed E-state index contributed by atoms with van der Waals surface area (Å²) in [5.41, 5.74) is 0. The summed E-state index contributed by atoms with van der Waals surface area (Å²) in [5.74, 6) is -0.512. The molecule has 0 aliphatic rings. The average molecular weight is 1180 g/mol. The fraction of sp³-hybridized carbons (Fsp3) is 0.781. The summed E-state index contributed by atoms with van der Waals surface area (Å²) in [6, 6.07) is -0.858. The number of rotatable bonds is 63. The van der Waals surface area contributed by atoms with Gasteiger partial charge in [0.2, 0.25) is 5.91 Å². The van der Waals surface area contributed by atoms with E-state index in [2.05, 4.69) is 99.0 Å². The highest BCUT2D eigenvalue weighted by Crippen LogP contribution is 2.43. The van der Waals surface area contributed by atoms with E-state index in [1.54, 1.807) is 0 Å². The molecule has 0 spiro atoms. The highest BCUT2D eigenvalue weighted by atomic mass is 31.2. The molecule has 0 saturated heterocycles. The third-order valence-electron chi connectivity index (χ3n) is 15.3. The van der Waals surface area contributed by atoms with Crippen LogP contribution >= 0.6 is 7.82 Å². The molecule has 0 aromatic rings. The molecule has 3 unspecified atom stereocenters. The van der Waals surface area contributed by atoms with Crippen molar-refractivity contribution in [2.45, 2.75) is 328 Å². The second-order valence-electron chi connectivity index (χ2n) is 24.7. The van der Waals surface area contributed by atoms with Gasteiger partial charge >= 0.3 is 13.8 Å². The van der Waals surface area contributed by atoms with Crippen LogP contribution in [0.15, 0.2) is 85.1 Å². The molecule has 0 aliphatic heterocycles. The van der Waals surface area contributed by atoms with E-state index in [0.29, 0.717) is 17.4 Å². The lowest BCUT2D eigenvalue weighted by Gasteiger charge is -2.27. The van der Waals surface area contributed by atoms with Crippen LogP contribution < -0.4 is 5.32 Å². The first-order valence-electron chi connectivity index (χ1n) is 34.9. The average Bonchev–Trinajstić information content (AvgIpc) is 3.51. The lowest BCUT2D eigenvalue weighted by molar-refractivity contribution is -0.870. The monoisotopic (exact) mass is 1180 g/mol. The smallest absolute Gasteiger partial charge is 0.456 e. The van der Waals surface area contributed by atoms with Gasteiger partial charge in [-0.15, -0.1) is 0 Å². The Morgan fingerprint density at radius 1 is 0.434 bits per heavy atom. The van der Waals surface area contributed by atoms with Crippen LogP contribution in [0.3, 0.4) is 0 Å². The maximum absolute atomic E-state index is 13.6. The fourth-order valence-corrected chi connectivity index (χ4v) is 10.7. The second kappa shape index (κ2) is 62.2. The van der Waals surface area contributed by atoms with Gasteiger partial charge < -0.3 is 19.4 Å². The van der Waals surface area contributed by atoms with E-state index in [0.717, 1.165) is 103 Å². The highest BCUT2D eigenvalue weighted by molar-refractivity contribution is 7.47. The number of hydrogen-bond acceptors (Lipinski definition) is 6. The summed E-state index contributed by atoms with van der Waals surface area (Å²) in [6.45, 7) is 6.91. The number of carbonyl (C=O) groups is 2. The molecule has 0 bridgehead atoms. The predicted octanol–water partition coefficient (Wildman–Crippen LogP) is 22.1. The number of unbranched alkanes of at least 4 members (excludes halogenated alkanes) is 35. The molecule has 3 atom stereocenters. The zero-order valence-electron chi connectivity index (χ0n) is 55.2. The largest absolute Gasteiger partial charge is 0.472 e. The first kappa shape index (κ1) is 80.2. The molecule has 10 heteroatoms. The third-order valence-corrected chi connectivity index (χ3v) is 16.3. The Kier molecular flexibility index (Phi) is 60.1. The minimum atomic E-state index is -4.46. The van der Waals surface area contributed by atoms with Crippen LogP contribution in [0.2, 0.25) is 0 Å². The molecule has 2 N–H and O–H groups in total. The van der Waals surface area contributed by atoms with Gasteiger partial charge in [0.05, 0.1) is 33.8 Å².